The van der Waals surface area contributed by atoms with Crippen LogP contribution in [0.3, 0.4) is 0 Å². The summed E-state index contributed by atoms with van der Waals surface area (Å²) < 4.78 is 26.5. The van der Waals surface area contributed by atoms with Gasteiger partial charge in [0.2, 0.25) is 0 Å². The van der Waals surface area contributed by atoms with E-state index in [1.807, 2.05) is 26.0 Å². The molecule has 0 spiro atoms. The molecule has 0 aliphatic rings. The van der Waals surface area contributed by atoms with E-state index in [2.05, 4.69) is 28.2 Å². The molecule has 22 heavy (non-hydrogen) atoms. The molecule has 0 aliphatic carbocycles. The SMILES string of the molecule is C=C(NC(CCc1ccc2[nH]ncc2c1)C(C)C)C(C)(F)F. The van der Waals surface area contributed by atoms with Crippen LogP contribution in [0.4, 0.5) is 8.78 Å². The first-order valence-electron chi connectivity index (χ1n) is 7.53. The van der Waals surface area contributed by atoms with Crippen molar-refractivity contribution in [3.8, 4) is 0 Å². The van der Waals surface area contributed by atoms with E-state index in [1.165, 1.54) is 5.56 Å². The molecule has 5 heteroatoms. The normalized spacial score (nSPS) is 13.5. The minimum Gasteiger partial charge on any atom is -0.381 e. The first kappa shape index (κ1) is 16.5. The van der Waals surface area contributed by atoms with E-state index in [9.17, 15) is 8.78 Å². The van der Waals surface area contributed by atoms with E-state index in [1.54, 1.807) is 6.20 Å². The molecule has 1 aromatic heterocycles. The third-order valence-electron chi connectivity index (χ3n) is 3.94. The molecule has 120 valence electrons. The molecule has 1 aromatic carbocycles. The minimum absolute atomic E-state index is 0.0293. The molecule has 0 radical (unpaired) electrons. The summed E-state index contributed by atoms with van der Waals surface area (Å²) in [5.74, 6) is -2.65. The molecule has 2 rings (SSSR count). The van der Waals surface area contributed by atoms with Crippen molar-refractivity contribution in [2.24, 2.45) is 5.92 Å². The molecule has 1 atom stereocenters. The van der Waals surface area contributed by atoms with Crippen molar-refractivity contribution in [1.82, 2.24) is 15.5 Å². The first-order chi connectivity index (χ1) is 10.3. The van der Waals surface area contributed by atoms with Crippen LogP contribution in [0, 0.1) is 5.92 Å². The standard InChI is InChI=1S/C17H23F2N3/c1-11(2)15(21-12(3)17(4,18)19)7-5-13-6-8-16-14(9-13)10-20-22-16/h6,8-11,15,21H,3,5,7H2,1-2,4H3,(H,20,22). The molecule has 0 aliphatic heterocycles. The number of nitrogens with zero attached hydrogens (tertiary/aromatic N) is 1. The Labute approximate surface area is 129 Å². The highest BCUT2D eigenvalue weighted by molar-refractivity contribution is 5.78. The van der Waals surface area contributed by atoms with Crippen molar-refractivity contribution in [1.29, 1.82) is 0 Å². The molecule has 0 saturated carbocycles. The maximum absolute atomic E-state index is 13.3. The van der Waals surface area contributed by atoms with Crippen LogP contribution in [0.5, 0.6) is 0 Å². The summed E-state index contributed by atoms with van der Waals surface area (Å²) in [4.78, 5) is 0. The molecule has 2 aromatic rings. The lowest BCUT2D eigenvalue weighted by molar-refractivity contribution is 0.0527. The summed E-state index contributed by atoms with van der Waals surface area (Å²) >= 11 is 0. The first-order valence-corrected chi connectivity index (χ1v) is 7.53. The molecule has 1 heterocycles. The van der Waals surface area contributed by atoms with Crippen LogP contribution in [0.15, 0.2) is 36.7 Å². The van der Waals surface area contributed by atoms with Crippen LogP contribution < -0.4 is 5.32 Å². The summed E-state index contributed by atoms with van der Waals surface area (Å²) in [5.41, 5.74) is 1.97. The third kappa shape index (κ3) is 4.06. The van der Waals surface area contributed by atoms with E-state index >= 15 is 0 Å². The average molecular weight is 307 g/mol. The Morgan fingerprint density at radius 3 is 2.77 bits per heavy atom. The lowest BCUT2D eigenvalue weighted by atomic mass is 9.95. The largest absolute Gasteiger partial charge is 0.381 e. The number of hydrogen-bond donors (Lipinski definition) is 2. The van der Waals surface area contributed by atoms with Crippen molar-refractivity contribution >= 4 is 10.9 Å². The van der Waals surface area contributed by atoms with Gasteiger partial charge in [0.1, 0.15) is 0 Å². The highest BCUT2D eigenvalue weighted by Crippen LogP contribution is 2.22. The number of alkyl halides is 2. The fourth-order valence-electron chi connectivity index (χ4n) is 2.39. The van der Waals surface area contributed by atoms with E-state index < -0.39 is 5.92 Å². The predicted molar refractivity (Wildman–Crippen MR) is 85.9 cm³/mol. The number of nitrogens with one attached hydrogen (secondary N) is 2. The van der Waals surface area contributed by atoms with Crippen LogP contribution in [0.1, 0.15) is 32.8 Å². The maximum atomic E-state index is 13.3. The van der Waals surface area contributed by atoms with Gasteiger partial charge in [0.25, 0.3) is 5.92 Å². The lowest BCUT2D eigenvalue weighted by Gasteiger charge is -2.27. The van der Waals surface area contributed by atoms with Crippen molar-refractivity contribution in [2.45, 2.75) is 45.6 Å². The summed E-state index contributed by atoms with van der Waals surface area (Å²) in [6.45, 7) is 8.38. The monoisotopic (exact) mass is 307 g/mol. The second kappa shape index (κ2) is 6.46. The zero-order valence-electron chi connectivity index (χ0n) is 13.3. The molecule has 2 N–H and O–H groups in total. The average Bonchev–Trinajstić information content (AvgIpc) is 2.89. The number of benzene rings is 1. The van der Waals surface area contributed by atoms with Gasteiger partial charge >= 0.3 is 0 Å². The molecule has 3 nitrogen and oxygen atoms in total. The van der Waals surface area contributed by atoms with Crippen LogP contribution in [-0.4, -0.2) is 22.2 Å². The molecule has 0 amide bonds. The van der Waals surface area contributed by atoms with E-state index in [0.29, 0.717) is 0 Å². The second-order valence-electron chi connectivity index (χ2n) is 6.19. The summed E-state index contributed by atoms with van der Waals surface area (Å²) in [6.07, 6.45) is 3.38. The Bertz CT molecular complexity index is 641. The van der Waals surface area contributed by atoms with Crippen molar-refractivity contribution < 1.29 is 8.78 Å². The Balaban J connectivity index is 2.00. The Hall–Kier alpha value is -1.91. The van der Waals surface area contributed by atoms with Crippen molar-refractivity contribution in [3.63, 3.8) is 0 Å². The number of halogens is 2. The Morgan fingerprint density at radius 2 is 2.14 bits per heavy atom. The topological polar surface area (TPSA) is 40.7 Å². The minimum atomic E-state index is -2.90. The maximum Gasteiger partial charge on any atom is 0.283 e. The highest BCUT2D eigenvalue weighted by Gasteiger charge is 2.28. The molecule has 0 fully saturated rings. The number of aryl methyl sites for hydroxylation is 1. The van der Waals surface area contributed by atoms with Crippen LogP contribution >= 0.6 is 0 Å². The van der Waals surface area contributed by atoms with Gasteiger partial charge in [-0.1, -0.05) is 26.5 Å². The van der Waals surface area contributed by atoms with Gasteiger partial charge in [0.05, 0.1) is 17.4 Å². The predicted octanol–water partition coefficient (Wildman–Crippen LogP) is 4.28. The summed E-state index contributed by atoms with van der Waals surface area (Å²) in [6, 6.07) is 6.09. The number of H-pyrrole nitrogens is 1. The fraction of sp³-hybridized carbons (Fsp3) is 0.471. The molecular weight excluding hydrogens is 284 g/mol. The van der Waals surface area contributed by atoms with Crippen LogP contribution in [0.2, 0.25) is 0 Å². The number of aromatic nitrogens is 2. The summed E-state index contributed by atoms with van der Waals surface area (Å²) in [5, 5.41) is 10.9. The van der Waals surface area contributed by atoms with Crippen molar-refractivity contribution in [3.05, 3.63) is 42.2 Å². The van der Waals surface area contributed by atoms with Gasteiger partial charge in [0.15, 0.2) is 0 Å². The van der Waals surface area contributed by atoms with Gasteiger partial charge in [-0.2, -0.15) is 5.10 Å². The third-order valence-corrected chi connectivity index (χ3v) is 3.94. The molecule has 0 saturated heterocycles. The van der Waals surface area contributed by atoms with Gasteiger partial charge in [-0.25, -0.2) is 8.78 Å². The van der Waals surface area contributed by atoms with Gasteiger partial charge < -0.3 is 5.32 Å². The number of hydrogen-bond acceptors (Lipinski definition) is 2. The van der Waals surface area contributed by atoms with Gasteiger partial charge in [0, 0.05) is 18.4 Å². The number of fused-ring (bicyclic) bond motifs is 1. The molecule has 0 bridgehead atoms. The van der Waals surface area contributed by atoms with E-state index in [4.69, 9.17) is 0 Å². The van der Waals surface area contributed by atoms with Gasteiger partial charge in [-0.3, -0.25) is 5.10 Å². The molecule has 1 unspecified atom stereocenters. The highest BCUT2D eigenvalue weighted by atomic mass is 19.3. The summed E-state index contributed by atoms with van der Waals surface area (Å²) in [7, 11) is 0. The lowest BCUT2D eigenvalue weighted by Crippen LogP contribution is -2.38. The van der Waals surface area contributed by atoms with E-state index in [0.717, 1.165) is 30.7 Å². The molecular formula is C17H23F2N3. The van der Waals surface area contributed by atoms with Crippen LogP contribution in [-0.2, 0) is 6.42 Å². The van der Waals surface area contributed by atoms with Gasteiger partial charge in [-0.15, -0.1) is 0 Å². The zero-order valence-corrected chi connectivity index (χ0v) is 13.3. The van der Waals surface area contributed by atoms with Crippen molar-refractivity contribution in [2.75, 3.05) is 0 Å². The quantitative estimate of drug-likeness (QED) is 0.801. The number of allylic oxidation sites excluding steroid dienone is 1. The number of rotatable bonds is 7. The zero-order chi connectivity index (χ0) is 16.3. The van der Waals surface area contributed by atoms with E-state index in [-0.39, 0.29) is 17.7 Å². The number of aromatic amines is 1. The van der Waals surface area contributed by atoms with Crippen LogP contribution in [0.25, 0.3) is 10.9 Å². The Morgan fingerprint density at radius 1 is 1.41 bits per heavy atom. The fourth-order valence-corrected chi connectivity index (χ4v) is 2.39. The second-order valence-corrected chi connectivity index (χ2v) is 6.19. The van der Waals surface area contributed by atoms with Gasteiger partial charge in [-0.05, 0) is 36.5 Å². The Kier molecular flexibility index (Phi) is 4.84. The smallest absolute Gasteiger partial charge is 0.283 e.